The second-order valence-corrected chi connectivity index (χ2v) is 29.4. The zero-order chi connectivity index (χ0) is 42.6. The van der Waals surface area contributed by atoms with Gasteiger partial charge in [-0.2, -0.15) is 0 Å². The summed E-state index contributed by atoms with van der Waals surface area (Å²) in [5, 5.41) is 8.50. The number of hydrogen-bond donors (Lipinski definition) is 0. The highest BCUT2D eigenvalue weighted by Crippen LogP contribution is 2.56. The van der Waals surface area contributed by atoms with Crippen LogP contribution in [0.3, 0.4) is 0 Å². The van der Waals surface area contributed by atoms with Crippen LogP contribution in [-0.2, 0) is 17.3 Å². The van der Waals surface area contributed by atoms with E-state index in [1.54, 1.807) is 10.4 Å². The summed E-state index contributed by atoms with van der Waals surface area (Å²) in [5.41, 5.74) is 21.4. The molecule has 0 spiro atoms. The van der Waals surface area contributed by atoms with Crippen molar-refractivity contribution in [3.05, 3.63) is 214 Å². The highest BCUT2D eigenvalue weighted by molar-refractivity contribution is 14.1. The van der Waals surface area contributed by atoms with Crippen LogP contribution < -0.4 is 5.19 Å². The smallest absolute Gasteiger partial charge is 0.107 e. The fourth-order valence-corrected chi connectivity index (χ4v) is 18.4. The summed E-state index contributed by atoms with van der Waals surface area (Å²) < 4.78 is 0. The Labute approximate surface area is 384 Å². The maximum atomic E-state index is 2.93. The van der Waals surface area contributed by atoms with Gasteiger partial charge in [0.05, 0.1) is 0 Å². The van der Waals surface area contributed by atoms with E-state index in [1.807, 2.05) is 0 Å². The minimum absolute atomic E-state index is 0.0820. The van der Waals surface area contributed by atoms with E-state index in [-0.39, 0.29) is 10.8 Å². The molecule has 13 rings (SSSR count). The second kappa shape index (κ2) is 13.1. The molecule has 0 N–H and O–H groups in total. The summed E-state index contributed by atoms with van der Waals surface area (Å²) in [6.45, 7) is 12.2. The number of halogens is 1. The number of allylic oxidation sites excluding steroid dienone is 1. The van der Waals surface area contributed by atoms with Crippen LogP contribution in [0.4, 0.5) is 0 Å². The van der Waals surface area contributed by atoms with Gasteiger partial charge in [-0.1, -0.05) is 197 Å². The number of benzene rings is 9. The minimum atomic E-state index is -2.12. The molecule has 0 nitrogen and oxygen atoms in total. The molecule has 0 aromatic heterocycles. The lowest BCUT2D eigenvalue weighted by molar-refractivity contribution is 0.660. The van der Waals surface area contributed by atoms with Crippen molar-refractivity contribution in [1.82, 2.24) is 0 Å². The first-order valence-corrected chi connectivity index (χ1v) is 28.2. The van der Waals surface area contributed by atoms with E-state index in [2.05, 4.69) is 232 Å². The average Bonchev–Trinajstić information content (AvgIpc) is 3.78. The minimum Gasteiger partial charge on any atom is -0.107 e. The lowest BCUT2D eigenvalue weighted by Crippen LogP contribution is -2.37. The molecule has 0 fully saturated rings. The maximum Gasteiger partial charge on any atom is 0.180 e. The lowest BCUT2D eigenvalue weighted by atomic mass is 9.74. The summed E-state index contributed by atoms with van der Waals surface area (Å²) in [7, 11) is 0. The van der Waals surface area contributed by atoms with Gasteiger partial charge in [0.1, 0.15) is 0 Å². The molecular formula is C61H47ISi. The Morgan fingerprint density at radius 2 is 0.984 bits per heavy atom. The summed E-state index contributed by atoms with van der Waals surface area (Å²) in [5.74, 6) is 0.350. The van der Waals surface area contributed by atoms with E-state index in [0.717, 1.165) is 6.42 Å². The molecule has 0 radical (unpaired) electrons. The van der Waals surface area contributed by atoms with Crippen molar-refractivity contribution in [3.8, 4) is 55.6 Å². The molecule has 4 aliphatic rings. The molecular weight excluding hydrogens is 888 g/mol. The van der Waals surface area contributed by atoms with E-state index in [4.69, 9.17) is 0 Å². The van der Waals surface area contributed by atoms with Crippen molar-refractivity contribution in [2.24, 2.45) is 0 Å². The molecule has 9 aromatic carbocycles. The van der Waals surface area contributed by atoms with Gasteiger partial charge >= 0.3 is 0 Å². The van der Waals surface area contributed by atoms with Crippen LogP contribution >= 0.6 is 21.8 Å². The van der Waals surface area contributed by atoms with Crippen LogP contribution in [0.1, 0.15) is 72.6 Å². The van der Waals surface area contributed by atoms with Crippen molar-refractivity contribution in [2.75, 3.05) is 0 Å². The Kier molecular flexibility index (Phi) is 7.86. The first-order valence-electron chi connectivity index (χ1n) is 22.6. The van der Waals surface area contributed by atoms with Gasteiger partial charge in [-0.25, -0.2) is 0 Å². The summed E-state index contributed by atoms with van der Waals surface area (Å²) in [4.78, 5) is 0. The molecule has 0 saturated heterocycles. The lowest BCUT2D eigenvalue weighted by Gasteiger charge is -2.31. The third-order valence-electron chi connectivity index (χ3n) is 15.7. The van der Waals surface area contributed by atoms with Crippen LogP contribution in [0.5, 0.6) is 0 Å². The molecule has 9 aromatic rings. The van der Waals surface area contributed by atoms with Crippen molar-refractivity contribution < 1.29 is 0 Å². The van der Waals surface area contributed by atoms with Crippen molar-refractivity contribution in [1.29, 1.82) is 0 Å². The quantitative estimate of drug-likeness (QED) is 0.0941. The van der Waals surface area contributed by atoms with Gasteiger partial charge < -0.3 is 0 Å². The van der Waals surface area contributed by atoms with Crippen LogP contribution in [0.25, 0.3) is 83.3 Å². The Hall–Kier alpha value is -5.81. The molecule has 3 aliphatic carbocycles. The Balaban J connectivity index is 1.05. The van der Waals surface area contributed by atoms with E-state index >= 15 is 0 Å². The molecule has 2 heteroatoms. The standard InChI is InChI=1S/C61H47ISi/c1-60(2)52-20-12-10-16-42(52)44-27-25-40(31-54(44)60)58-47-18-8-9-19-48(47)59(41-26-28-45-43-17-11-13-21-53(43)61(3,4)55(45)32-41)51-35-57-49(34-50(51)58)46-29-24-39(33-56(46)63(57,5)62)38-23-22-36-14-6-7-15-37(36)30-38/h6-33,35,49H,34H2,1-5H3. The molecule has 2 unspecified atom stereocenters. The fourth-order valence-electron chi connectivity index (χ4n) is 12.5. The predicted octanol–water partition coefficient (Wildman–Crippen LogP) is 16.1. The third-order valence-corrected chi connectivity index (χ3v) is 22.4. The first kappa shape index (κ1) is 37.7. The molecule has 0 bridgehead atoms. The highest BCUT2D eigenvalue weighted by Gasteiger charge is 2.48. The normalized spacial score (nSPS) is 19.1. The molecule has 0 amide bonds. The Morgan fingerprint density at radius 1 is 0.476 bits per heavy atom. The van der Waals surface area contributed by atoms with E-state index in [9.17, 15) is 0 Å². The first-order chi connectivity index (χ1) is 30.5. The molecule has 302 valence electrons. The summed E-state index contributed by atoms with van der Waals surface area (Å²) in [6, 6.07) is 65.4. The van der Waals surface area contributed by atoms with Gasteiger partial charge in [-0.15, -0.1) is 21.8 Å². The van der Waals surface area contributed by atoms with Gasteiger partial charge in [0.25, 0.3) is 0 Å². The zero-order valence-corrected chi connectivity index (χ0v) is 39.6. The van der Waals surface area contributed by atoms with Crippen molar-refractivity contribution in [2.45, 2.75) is 57.4 Å². The third kappa shape index (κ3) is 5.20. The number of rotatable bonds is 3. The van der Waals surface area contributed by atoms with E-state index < -0.39 is 5.57 Å². The topological polar surface area (TPSA) is 0 Å². The zero-order valence-electron chi connectivity index (χ0n) is 36.4. The SMILES string of the molecule is CC1(C)c2ccccc2-c2ccc(-c3c4c(c(-c5ccc6c(c5)C(C)(C)c5ccccc5-6)c5ccccc35)CC3C(=C4)[Si](C)(I)c4cc(-c5ccc6ccccc6c5)ccc43)cc21. The summed E-state index contributed by atoms with van der Waals surface area (Å²) >= 11 is 2.93. The molecule has 0 saturated carbocycles. The molecule has 2 atom stereocenters. The van der Waals surface area contributed by atoms with Gasteiger partial charge in [0, 0.05) is 16.7 Å². The van der Waals surface area contributed by atoms with Crippen LogP contribution in [0, 0.1) is 0 Å². The van der Waals surface area contributed by atoms with Gasteiger partial charge in [0.15, 0.2) is 5.57 Å². The fraction of sp³-hybridized carbons (Fsp3) is 0.148. The predicted molar refractivity (Wildman–Crippen MR) is 279 cm³/mol. The number of hydrogen-bond acceptors (Lipinski definition) is 0. The monoisotopic (exact) mass is 934 g/mol. The van der Waals surface area contributed by atoms with E-state index in [1.165, 1.54) is 116 Å². The van der Waals surface area contributed by atoms with Crippen LogP contribution in [0.2, 0.25) is 6.55 Å². The van der Waals surface area contributed by atoms with Crippen LogP contribution in [-0.4, -0.2) is 5.57 Å². The number of fused-ring (bicyclic) bond motifs is 12. The molecule has 63 heavy (non-hydrogen) atoms. The summed E-state index contributed by atoms with van der Waals surface area (Å²) in [6.07, 6.45) is 3.70. The van der Waals surface area contributed by atoms with Crippen molar-refractivity contribution in [3.63, 3.8) is 0 Å². The average molecular weight is 935 g/mol. The Bertz CT molecular complexity index is 3520. The maximum absolute atomic E-state index is 2.93. The van der Waals surface area contributed by atoms with Crippen LogP contribution in [0.15, 0.2) is 175 Å². The molecule has 1 heterocycles. The van der Waals surface area contributed by atoms with Gasteiger partial charge in [-0.05, 0) is 146 Å². The second-order valence-electron chi connectivity index (χ2n) is 19.8. The molecule has 1 aliphatic heterocycles. The van der Waals surface area contributed by atoms with E-state index in [0.29, 0.717) is 5.92 Å². The Morgan fingerprint density at radius 3 is 1.65 bits per heavy atom. The van der Waals surface area contributed by atoms with Gasteiger partial charge in [-0.3, -0.25) is 0 Å². The van der Waals surface area contributed by atoms with Crippen molar-refractivity contribution >= 4 is 60.2 Å². The highest BCUT2D eigenvalue weighted by atomic mass is 127. The van der Waals surface area contributed by atoms with Gasteiger partial charge in [0.2, 0.25) is 0 Å². The largest absolute Gasteiger partial charge is 0.180 e.